The van der Waals surface area contributed by atoms with Crippen molar-refractivity contribution in [3.63, 3.8) is 0 Å². The highest BCUT2D eigenvalue weighted by atomic mass is 35.5. The molecule has 0 spiro atoms. The van der Waals surface area contributed by atoms with Crippen molar-refractivity contribution in [3.05, 3.63) is 35.4 Å². The molecule has 2 N–H and O–H groups in total. The minimum absolute atomic E-state index is 0. The molecular formula is C16H26ClN3O. The Kier molecular flexibility index (Phi) is 7.15. The summed E-state index contributed by atoms with van der Waals surface area (Å²) in [6.07, 6.45) is 2.17. The van der Waals surface area contributed by atoms with E-state index in [2.05, 4.69) is 24.0 Å². The van der Waals surface area contributed by atoms with Crippen molar-refractivity contribution in [2.75, 3.05) is 26.7 Å². The number of carbonyl (C=O) groups excluding carboxylic acids is 1. The van der Waals surface area contributed by atoms with Crippen LogP contribution >= 0.6 is 12.4 Å². The lowest BCUT2D eigenvalue weighted by atomic mass is 10.1. The van der Waals surface area contributed by atoms with Gasteiger partial charge in [-0.05, 0) is 37.4 Å². The zero-order valence-corrected chi connectivity index (χ0v) is 13.7. The van der Waals surface area contributed by atoms with Crippen molar-refractivity contribution in [3.8, 4) is 0 Å². The maximum absolute atomic E-state index is 12.3. The first-order valence-electron chi connectivity index (χ1n) is 7.32. The summed E-state index contributed by atoms with van der Waals surface area (Å²) in [6, 6.07) is 8.42. The predicted molar refractivity (Wildman–Crippen MR) is 88.6 cm³/mol. The Bertz CT molecular complexity index is 467. The minimum Gasteiger partial charge on any atom is -0.340 e. The number of aryl methyl sites for hydroxylation is 1. The molecule has 1 aromatic rings. The van der Waals surface area contributed by atoms with Gasteiger partial charge in [0.2, 0.25) is 5.91 Å². The third-order valence-corrected chi connectivity index (χ3v) is 4.00. The van der Waals surface area contributed by atoms with Gasteiger partial charge in [-0.3, -0.25) is 9.69 Å². The number of hydrogen-bond acceptors (Lipinski definition) is 3. The van der Waals surface area contributed by atoms with Crippen molar-refractivity contribution >= 4 is 18.3 Å². The van der Waals surface area contributed by atoms with Crippen LogP contribution in [-0.2, 0) is 11.3 Å². The van der Waals surface area contributed by atoms with Crippen LogP contribution in [0, 0.1) is 6.92 Å². The number of nitrogens with zero attached hydrogens (tertiary/aromatic N) is 2. The van der Waals surface area contributed by atoms with Crippen molar-refractivity contribution in [1.29, 1.82) is 0 Å². The average Bonchev–Trinajstić information content (AvgIpc) is 2.41. The first kappa shape index (κ1) is 18.0. The Morgan fingerprint density at radius 2 is 2.14 bits per heavy atom. The molecule has 0 saturated carbocycles. The van der Waals surface area contributed by atoms with Crippen LogP contribution in [0.5, 0.6) is 0 Å². The molecule has 5 heteroatoms. The minimum atomic E-state index is 0. The fourth-order valence-corrected chi connectivity index (χ4v) is 2.68. The highest BCUT2D eigenvalue weighted by Gasteiger charge is 2.20. The van der Waals surface area contributed by atoms with E-state index in [9.17, 15) is 4.79 Å². The second-order valence-electron chi connectivity index (χ2n) is 5.81. The van der Waals surface area contributed by atoms with Gasteiger partial charge in [0.25, 0.3) is 0 Å². The number of rotatable bonds is 4. The van der Waals surface area contributed by atoms with Crippen LogP contribution in [0.2, 0.25) is 0 Å². The zero-order valence-electron chi connectivity index (χ0n) is 12.9. The Labute approximate surface area is 133 Å². The first-order chi connectivity index (χ1) is 9.56. The van der Waals surface area contributed by atoms with Crippen LogP contribution in [0.25, 0.3) is 0 Å². The molecule has 1 unspecified atom stereocenters. The number of likely N-dealkylation sites (tertiary alicyclic amines) is 1. The fourth-order valence-electron chi connectivity index (χ4n) is 2.68. The summed E-state index contributed by atoms with van der Waals surface area (Å²) in [5.41, 5.74) is 8.39. The molecule has 1 amide bonds. The smallest absolute Gasteiger partial charge is 0.236 e. The van der Waals surface area contributed by atoms with Crippen LogP contribution in [0.1, 0.15) is 24.0 Å². The Hall–Kier alpha value is -1.10. The lowest BCUT2D eigenvalue weighted by Gasteiger charge is -2.31. The number of benzene rings is 1. The third kappa shape index (κ3) is 5.30. The van der Waals surface area contributed by atoms with Crippen LogP contribution in [0.15, 0.2) is 24.3 Å². The number of hydrogen-bond donors (Lipinski definition) is 1. The third-order valence-electron chi connectivity index (χ3n) is 4.00. The van der Waals surface area contributed by atoms with E-state index < -0.39 is 0 Å². The average molecular weight is 312 g/mol. The van der Waals surface area contributed by atoms with Gasteiger partial charge in [0.05, 0.1) is 6.54 Å². The molecule has 1 fully saturated rings. The highest BCUT2D eigenvalue weighted by Crippen LogP contribution is 2.11. The Morgan fingerprint density at radius 1 is 1.43 bits per heavy atom. The van der Waals surface area contributed by atoms with Crippen LogP contribution in [0.4, 0.5) is 0 Å². The number of likely N-dealkylation sites (N-methyl/N-ethyl adjacent to an activating group) is 1. The second kappa shape index (κ2) is 8.37. The van der Waals surface area contributed by atoms with E-state index in [1.54, 1.807) is 0 Å². The predicted octanol–water partition coefficient (Wildman–Crippen LogP) is 1.80. The largest absolute Gasteiger partial charge is 0.340 e. The van der Waals surface area contributed by atoms with E-state index in [1.165, 1.54) is 11.1 Å². The van der Waals surface area contributed by atoms with E-state index in [1.807, 2.05) is 24.1 Å². The summed E-state index contributed by atoms with van der Waals surface area (Å²) in [5, 5.41) is 0. The molecule has 1 saturated heterocycles. The van der Waals surface area contributed by atoms with E-state index in [4.69, 9.17) is 5.73 Å². The van der Waals surface area contributed by atoms with E-state index in [-0.39, 0.29) is 24.4 Å². The number of nitrogens with two attached hydrogens (primary N) is 1. The highest BCUT2D eigenvalue weighted by molar-refractivity contribution is 5.85. The van der Waals surface area contributed by atoms with Gasteiger partial charge in [-0.15, -0.1) is 12.4 Å². The maximum atomic E-state index is 12.3. The van der Waals surface area contributed by atoms with Crippen LogP contribution in [0.3, 0.4) is 0 Å². The van der Waals surface area contributed by atoms with Gasteiger partial charge < -0.3 is 10.6 Å². The van der Waals surface area contributed by atoms with Crippen molar-refractivity contribution in [1.82, 2.24) is 9.80 Å². The molecule has 118 valence electrons. The van der Waals surface area contributed by atoms with Gasteiger partial charge in [0, 0.05) is 26.2 Å². The molecule has 0 aromatic heterocycles. The van der Waals surface area contributed by atoms with Gasteiger partial charge in [-0.2, -0.15) is 0 Å². The lowest BCUT2D eigenvalue weighted by Crippen LogP contribution is -2.47. The van der Waals surface area contributed by atoms with Gasteiger partial charge in [0.15, 0.2) is 0 Å². The topological polar surface area (TPSA) is 49.6 Å². The molecule has 1 heterocycles. The number of piperidine rings is 1. The molecule has 2 rings (SSSR count). The van der Waals surface area contributed by atoms with E-state index >= 15 is 0 Å². The summed E-state index contributed by atoms with van der Waals surface area (Å²) in [7, 11) is 1.87. The maximum Gasteiger partial charge on any atom is 0.236 e. The molecule has 21 heavy (non-hydrogen) atoms. The summed E-state index contributed by atoms with van der Waals surface area (Å²) < 4.78 is 0. The van der Waals surface area contributed by atoms with Gasteiger partial charge in [-0.1, -0.05) is 24.3 Å². The summed E-state index contributed by atoms with van der Waals surface area (Å²) in [6.45, 7) is 5.06. The number of halogens is 1. The van der Waals surface area contributed by atoms with Crippen LogP contribution in [-0.4, -0.2) is 48.4 Å². The van der Waals surface area contributed by atoms with E-state index in [0.29, 0.717) is 13.1 Å². The molecule has 0 radical (unpaired) electrons. The molecule has 1 aliphatic heterocycles. The number of carbonyl (C=O) groups is 1. The van der Waals surface area contributed by atoms with E-state index in [0.717, 1.165) is 25.9 Å². The molecule has 1 atom stereocenters. The Balaban J connectivity index is 0.00000220. The quantitative estimate of drug-likeness (QED) is 0.922. The zero-order chi connectivity index (χ0) is 14.5. The molecule has 4 nitrogen and oxygen atoms in total. The first-order valence-corrected chi connectivity index (χ1v) is 7.32. The van der Waals surface area contributed by atoms with Crippen molar-refractivity contribution in [2.24, 2.45) is 5.73 Å². The van der Waals surface area contributed by atoms with Gasteiger partial charge >= 0.3 is 0 Å². The van der Waals surface area contributed by atoms with Crippen molar-refractivity contribution in [2.45, 2.75) is 32.4 Å². The number of amides is 1. The molecular weight excluding hydrogens is 286 g/mol. The van der Waals surface area contributed by atoms with Crippen LogP contribution < -0.4 is 5.73 Å². The SMILES string of the molecule is Cc1ccccc1CN(C)C(=O)CN1CCCC(N)C1.Cl. The summed E-state index contributed by atoms with van der Waals surface area (Å²) in [4.78, 5) is 16.3. The van der Waals surface area contributed by atoms with Gasteiger partial charge in [0.1, 0.15) is 0 Å². The monoisotopic (exact) mass is 311 g/mol. The normalized spacial score (nSPS) is 18.9. The molecule has 1 aromatic carbocycles. The molecule has 0 bridgehead atoms. The summed E-state index contributed by atoms with van der Waals surface area (Å²) >= 11 is 0. The summed E-state index contributed by atoms with van der Waals surface area (Å²) in [5.74, 6) is 0.169. The Morgan fingerprint density at radius 3 is 2.81 bits per heavy atom. The molecule has 1 aliphatic rings. The second-order valence-corrected chi connectivity index (χ2v) is 5.81. The standard InChI is InChI=1S/C16H25N3O.ClH/c1-13-6-3-4-7-14(13)10-18(2)16(20)12-19-9-5-8-15(17)11-19;/h3-4,6-7,15H,5,8-12,17H2,1-2H3;1H. The van der Waals surface area contributed by atoms with Crippen molar-refractivity contribution < 1.29 is 4.79 Å². The lowest BCUT2D eigenvalue weighted by molar-refractivity contribution is -0.131. The van der Waals surface area contributed by atoms with Gasteiger partial charge in [-0.25, -0.2) is 0 Å². The fraction of sp³-hybridized carbons (Fsp3) is 0.562. The molecule has 0 aliphatic carbocycles.